The molecule has 0 saturated heterocycles. The summed E-state index contributed by atoms with van der Waals surface area (Å²) in [5.74, 6) is -0.164. The van der Waals surface area contributed by atoms with E-state index in [1.54, 1.807) is 0 Å². The van der Waals surface area contributed by atoms with Crippen molar-refractivity contribution in [2.75, 3.05) is 0 Å². The van der Waals surface area contributed by atoms with Gasteiger partial charge in [-0.1, -0.05) is 6.92 Å². The summed E-state index contributed by atoms with van der Waals surface area (Å²) in [5.41, 5.74) is 6.20. The number of hydrogen-bond donors (Lipinski definition) is 1. The second-order valence-corrected chi connectivity index (χ2v) is 5.92. The van der Waals surface area contributed by atoms with Crippen LogP contribution in [0.25, 0.3) is 0 Å². The molecular weight excluding hydrogens is 281 g/mol. The monoisotopic (exact) mass is 304 g/mol. The molecule has 0 amide bonds. The van der Waals surface area contributed by atoms with Crippen molar-refractivity contribution in [3.05, 3.63) is 12.2 Å². The summed E-state index contributed by atoms with van der Waals surface area (Å²) >= 11 is 0. The van der Waals surface area contributed by atoms with Gasteiger partial charge in [0.05, 0.1) is 5.92 Å². The van der Waals surface area contributed by atoms with Crippen molar-refractivity contribution in [2.45, 2.75) is 64.2 Å². The molecule has 120 valence electrons. The first-order valence-corrected chi connectivity index (χ1v) is 7.60. The van der Waals surface area contributed by atoms with Crippen LogP contribution in [0, 0.1) is 11.8 Å². The second kappa shape index (κ2) is 6.77. The highest BCUT2D eigenvalue weighted by molar-refractivity contribution is 4.92. The molecule has 1 aromatic heterocycles. The van der Waals surface area contributed by atoms with E-state index in [1.807, 2.05) is 4.68 Å². The lowest BCUT2D eigenvalue weighted by Crippen LogP contribution is -2.38. The largest absolute Gasteiger partial charge is 0.391 e. The van der Waals surface area contributed by atoms with Gasteiger partial charge in [0.1, 0.15) is 12.2 Å². The van der Waals surface area contributed by atoms with E-state index in [0.717, 1.165) is 18.8 Å². The summed E-state index contributed by atoms with van der Waals surface area (Å²) in [6.07, 6.45) is 0.492. The van der Waals surface area contributed by atoms with Crippen LogP contribution in [-0.4, -0.2) is 27.0 Å². The first-order valence-electron chi connectivity index (χ1n) is 7.60. The highest BCUT2D eigenvalue weighted by Gasteiger charge is 2.42. The third-order valence-electron chi connectivity index (χ3n) is 4.39. The normalized spacial score (nSPS) is 25.0. The van der Waals surface area contributed by atoms with Crippen LogP contribution < -0.4 is 5.73 Å². The minimum Gasteiger partial charge on any atom is -0.327 e. The van der Waals surface area contributed by atoms with E-state index >= 15 is 0 Å². The molecule has 0 aliphatic heterocycles. The Labute approximate surface area is 122 Å². The van der Waals surface area contributed by atoms with Gasteiger partial charge in [-0.2, -0.15) is 18.3 Å². The highest BCUT2D eigenvalue weighted by Crippen LogP contribution is 2.40. The lowest BCUT2D eigenvalue weighted by molar-refractivity contribution is -0.184. The van der Waals surface area contributed by atoms with Crippen molar-refractivity contribution >= 4 is 0 Å². The van der Waals surface area contributed by atoms with E-state index in [-0.39, 0.29) is 24.8 Å². The minimum atomic E-state index is -4.06. The number of nitrogens with zero attached hydrogens (tertiary/aromatic N) is 3. The fraction of sp³-hybridized carbons (Fsp3) is 0.857. The molecule has 1 unspecified atom stereocenters. The summed E-state index contributed by atoms with van der Waals surface area (Å²) in [6, 6.07) is -0.140. The molecule has 1 aliphatic rings. The van der Waals surface area contributed by atoms with Gasteiger partial charge in [-0.15, -0.1) is 0 Å². The van der Waals surface area contributed by atoms with Crippen molar-refractivity contribution in [1.29, 1.82) is 0 Å². The lowest BCUT2D eigenvalue weighted by Gasteiger charge is -2.32. The molecule has 2 rings (SSSR count). The average molecular weight is 304 g/mol. The van der Waals surface area contributed by atoms with E-state index in [2.05, 4.69) is 17.0 Å². The molecule has 21 heavy (non-hydrogen) atoms. The minimum absolute atomic E-state index is 0.140. The Morgan fingerprint density at radius 1 is 1.33 bits per heavy atom. The number of aryl methyl sites for hydroxylation is 1. The summed E-state index contributed by atoms with van der Waals surface area (Å²) in [6.45, 7) is 2.85. The molecule has 1 atom stereocenters. The molecule has 1 aliphatic carbocycles. The van der Waals surface area contributed by atoms with E-state index in [9.17, 15) is 13.2 Å². The lowest BCUT2D eigenvalue weighted by atomic mass is 9.77. The number of rotatable bonds is 5. The summed E-state index contributed by atoms with van der Waals surface area (Å²) in [7, 11) is 0. The molecule has 1 heterocycles. The maximum Gasteiger partial charge on any atom is 0.391 e. The van der Waals surface area contributed by atoms with E-state index in [0.29, 0.717) is 19.3 Å². The summed E-state index contributed by atoms with van der Waals surface area (Å²) in [4.78, 5) is 4.22. The Morgan fingerprint density at radius 2 is 2.00 bits per heavy atom. The fourth-order valence-electron chi connectivity index (χ4n) is 3.10. The van der Waals surface area contributed by atoms with Crippen molar-refractivity contribution in [3.63, 3.8) is 0 Å². The van der Waals surface area contributed by atoms with Crippen molar-refractivity contribution < 1.29 is 13.2 Å². The number of hydrogen-bond acceptors (Lipinski definition) is 3. The Balaban J connectivity index is 1.87. The molecule has 4 nitrogen and oxygen atoms in total. The molecular formula is C14H23F3N4. The van der Waals surface area contributed by atoms with Gasteiger partial charge < -0.3 is 5.73 Å². The topological polar surface area (TPSA) is 56.7 Å². The first-order chi connectivity index (χ1) is 9.91. The predicted octanol–water partition coefficient (Wildman–Crippen LogP) is 2.93. The van der Waals surface area contributed by atoms with E-state index in [1.165, 1.54) is 6.33 Å². The standard InChI is InChI=1S/C14H23F3N4/c1-2-7-21-13(19-9-20-21)8-12(18)10-3-5-11(6-4-10)14(15,16)17/h9-12H,2-8,18H2,1H3. The predicted molar refractivity (Wildman–Crippen MR) is 73.5 cm³/mol. The van der Waals surface area contributed by atoms with Gasteiger partial charge >= 0.3 is 6.18 Å². The van der Waals surface area contributed by atoms with Crippen molar-refractivity contribution in [2.24, 2.45) is 17.6 Å². The van der Waals surface area contributed by atoms with Gasteiger partial charge in [0.2, 0.25) is 0 Å². The fourth-order valence-corrected chi connectivity index (χ4v) is 3.10. The summed E-state index contributed by atoms with van der Waals surface area (Å²) < 4.78 is 39.8. The molecule has 0 bridgehead atoms. The number of aromatic nitrogens is 3. The van der Waals surface area contributed by atoms with Crippen LogP contribution in [0.2, 0.25) is 0 Å². The van der Waals surface area contributed by atoms with E-state index in [4.69, 9.17) is 5.73 Å². The van der Waals surface area contributed by atoms with Gasteiger partial charge in [0.15, 0.2) is 0 Å². The third kappa shape index (κ3) is 4.18. The quantitative estimate of drug-likeness (QED) is 0.910. The highest BCUT2D eigenvalue weighted by atomic mass is 19.4. The SMILES string of the molecule is CCCn1ncnc1CC(N)C1CCC(C(F)(F)F)CC1. The average Bonchev–Trinajstić information content (AvgIpc) is 2.86. The zero-order chi connectivity index (χ0) is 15.5. The Kier molecular flexibility index (Phi) is 5.24. The molecule has 2 N–H and O–H groups in total. The van der Waals surface area contributed by atoms with Crippen molar-refractivity contribution in [3.8, 4) is 0 Å². The van der Waals surface area contributed by atoms with Crippen LogP contribution in [0.4, 0.5) is 13.2 Å². The molecule has 0 spiro atoms. The number of halogens is 3. The van der Waals surface area contributed by atoms with Crippen LogP contribution >= 0.6 is 0 Å². The molecule has 0 aromatic carbocycles. The van der Waals surface area contributed by atoms with Crippen LogP contribution in [0.5, 0.6) is 0 Å². The first kappa shape index (κ1) is 16.3. The zero-order valence-corrected chi connectivity index (χ0v) is 12.3. The molecule has 1 fully saturated rings. The van der Waals surface area contributed by atoms with Gasteiger partial charge in [0, 0.05) is 19.0 Å². The van der Waals surface area contributed by atoms with Crippen LogP contribution in [0.1, 0.15) is 44.9 Å². The smallest absolute Gasteiger partial charge is 0.327 e. The van der Waals surface area contributed by atoms with Gasteiger partial charge in [0.25, 0.3) is 0 Å². The molecule has 1 saturated carbocycles. The Bertz CT molecular complexity index is 436. The van der Waals surface area contributed by atoms with Gasteiger partial charge in [-0.25, -0.2) is 4.98 Å². The van der Waals surface area contributed by atoms with Crippen LogP contribution in [0.15, 0.2) is 6.33 Å². The van der Waals surface area contributed by atoms with Crippen LogP contribution in [-0.2, 0) is 13.0 Å². The van der Waals surface area contributed by atoms with E-state index < -0.39 is 12.1 Å². The Morgan fingerprint density at radius 3 is 2.57 bits per heavy atom. The Hall–Kier alpha value is -1.11. The van der Waals surface area contributed by atoms with Gasteiger partial charge in [-0.05, 0) is 38.0 Å². The second-order valence-electron chi connectivity index (χ2n) is 5.92. The number of alkyl halides is 3. The molecule has 0 radical (unpaired) electrons. The summed E-state index contributed by atoms with van der Waals surface area (Å²) in [5, 5.41) is 4.15. The zero-order valence-electron chi connectivity index (χ0n) is 12.3. The molecule has 7 heteroatoms. The van der Waals surface area contributed by atoms with Crippen LogP contribution in [0.3, 0.4) is 0 Å². The maximum atomic E-state index is 12.7. The third-order valence-corrected chi connectivity index (χ3v) is 4.39. The number of nitrogens with two attached hydrogens (primary N) is 1. The van der Waals surface area contributed by atoms with Crippen molar-refractivity contribution in [1.82, 2.24) is 14.8 Å². The molecule has 1 aromatic rings. The van der Waals surface area contributed by atoms with Gasteiger partial charge in [-0.3, -0.25) is 4.68 Å². The maximum absolute atomic E-state index is 12.7.